The summed E-state index contributed by atoms with van der Waals surface area (Å²) in [4.78, 5) is 15.4. The maximum Gasteiger partial charge on any atom is 0.407 e. The first-order valence-electron chi connectivity index (χ1n) is 6.36. The van der Waals surface area contributed by atoms with Gasteiger partial charge in [0.25, 0.3) is 0 Å². The Morgan fingerprint density at radius 3 is 2.42 bits per heavy atom. The molecule has 0 rings (SSSR count). The number of hydrogen-bond acceptors (Lipinski definition) is 3. The van der Waals surface area contributed by atoms with E-state index in [1.54, 1.807) is 0 Å². The van der Waals surface area contributed by atoms with Crippen LogP contribution in [0.1, 0.15) is 34.1 Å². The van der Waals surface area contributed by atoms with Crippen molar-refractivity contribution < 1.29 is 9.53 Å². The Bertz CT molecular complexity index is 332. The number of alkyl carbamates (subject to hydrolysis) is 1. The second-order valence-electron chi connectivity index (χ2n) is 5.37. The lowest BCUT2D eigenvalue weighted by molar-refractivity contribution is 0.0527. The van der Waals surface area contributed by atoms with E-state index < -0.39 is 11.7 Å². The maximum absolute atomic E-state index is 11.3. The van der Waals surface area contributed by atoms with Crippen LogP contribution in [0.3, 0.4) is 0 Å². The van der Waals surface area contributed by atoms with Crippen LogP contribution in [0.25, 0.3) is 0 Å². The molecule has 0 spiro atoms. The number of nitrogens with zero attached hydrogens (tertiary/aromatic N) is 1. The molecular weight excluding hydrogens is 244 g/mol. The number of aliphatic imine (C=N–C) groups is 1. The zero-order chi connectivity index (χ0) is 14.9. The number of ether oxygens (including phenoxy) is 1. The molecule has 0 saturated heterocycles. The summed E-state index contributed by atoms with van der Waals surface area (Å²) in [6.07, 6.45) is 0.333. The summed E-state index contributed by atoms with van der Waals surface area (Å²) in [5.41, 5.74) is 6.12. The van der Waals surface area contributed by atoms with Gasteiger partial charge in [-0.15, -0.1) is 0 Å². The highest BCUT2D eigenvalue weighted by molar-refractivity contribution is 5.77. The first-order valence-corrected chi connectivity index (χ1v) is 6.36. The van der Waals surface area contributed by atoms with Gasteiger partial charge in [-0.25, -0.2) is 9.79 Å². The highest BCUT2D eigenvalue weighted by Gasteiger charge is 2.15. The second kappa shape index (κ2) is 8.39. The van der Waals surface area contributed by atoms with Crippen molar-refractivity contribution in [1.29, 1.82) is 0 Å². The van der Waals surface area contributed by atoms with Crippen molar-refractivity contribution in [2.75, 3.05) is 19.6 Å². The van der Waals surface area contributed by atoms with Gasteiger partial charge in [-0.3, -0.25) is 0 Å². The van der Waals surface area contributed by atoms with E-state index in [1.807, 2.05) is 27.7 Å². The first kappa shape index (κ1) is 17.3. The van der Waals surface area contributed by atoms with Gasteiger partial charge in [0.1, 0.15) is 5.60 Å². The average Bonchev–Trinajstić information content (AvgIpc) is 2.23. The zero-order valence-electron chi connectivity index (χ0n) is 12.4. The van der Waals surface area contributed by atoms with E-state index in [9.17, 15) is 4.79 Å². The monoisotopic (exact) mass is 270 g/mol. The zero-order valence-corrected chi connectivity index (χ0v) is 12.4. The van der Waals surface area contributed by atoms with Crippen LogP contribution in [0.5, 0.6) is 0 Å². The standard InChI is InChI=1S/C13H26N4O2/c1-10(2)9-17-11(14)15-7-6-8-16-12(18)19-13(3,4)5/h1,6-9H2,2-5H3,(H,16,18)(H3,14,15,17). The predicted octanol–water partition coefficient (Wildman–Crippen LogP) is 1.38. The van der Waals surface area contributed by atoms with Crippen LogP contribution in [0.2, 0.25) is 0 Å². The molecule has 6 nitrogen and oxygen atoms in total. The third-order valence-electron chi connectivity index (χ3n) is 1.85. The van der Waals surface area contributed by atoms with Crippen molar-refractivity contribution in [3.63, 3.8) is 0 Å². The van der Waals surface area contributed by atoms with Gasteiger partial charge in [0.05, 0.1) is 6.54 Å². The Kier molecular flexibility index (Phi) is 7.63. The van der Waals surface area contributed by atoms with Crippen LogP contribution in [0.4, 0.5) is 4.79 Å². The molecule has 0 bridgehead atoms. The van der Waals surface area contributed by atoms with Crippen molar-refractivity contribution in [1.82, 2.24) is 10.6 Å². The van der Waals surface area contributed by atoms with Crippen molar-refractivity contribution in [2.45, 2.75) is 39.7 Å². The van der Waals surface area contributed by atoms with Crippen molar-refractivity contribution in [3.8, 4) is 0 Å². The largest absolute Gasteiger partial charge is 0.444 e. The third-order valence-corrected chi connectivity index (χ3v) is 1.85. The van der Waals surface area contributed by atoms with Gasteiger partial charge < -0.3 is 21.1 Å². The molecule has 0 saturated carbocycles. The van der Waals surface area contributed by atoms with Gasteiger partial charge in [-0.2, -0.15) is 0 Å². The van der Waals surface area contributed by atoms with Crippen molar-refractivity contribution in [3.05, 3.63) is 12.2 Å². The van der Waals surface area contributed by atoms with Crippen molar-refractivity contribution in [2.24, 2.45) is 10.7 Å². The summed E-state index contributed by atoms with van der Waals surface area (Å²) < 4.78 is 5.10. The summed E-state index contributed by atoms with van der Waals surface area (Å²) >= 11 is 0. The van der Waals surface area contributed by atoms with Gasteiger partial charge in [0.15, 0.2) is 5.96 Å². The van der Waals surface area contributed by atoms with Crippen LogP contribution < -0.4 is 16.4 Å². The summed E-state index contributed by atoms with van der Waals surface area (Å²) in [5.74, 6) is 0.389. The number of carbonyl (C=O) groups is 1. The van der Waals surface area contributed by atoms with Gasteiger partial charge in [0, 0.05) is 13.1 Å². The van der Waals surface area contributed by atoms with Crippen molar-refractivity contribution >= 4 is 12.1 Å². The predicted molar refractivity (Wildman–Crippen MR) is 78.2 cm³/mol. The summed E-state index contributed by atoms with van der Waals surface area (Å²) in [7, 11) is 0. The summed E-state index contributed by atoms with van der Waals surface area (Å²) in [5, 5.41) is 5.62. The lowest BCUT2D eigenvalue weighted by atomic mass is 10.2. The first-order chi connectivity index (χ1) is 8.70. The summed E-state index contributed by atoms with van der Waals surface area (Å²) in [6.45, 7) is 12.8. The number of nitrogens with two attached hydrogens (primary N) is 1. The van der Waals surface area contributed by atoms with Gasteiger partial charge in [0.2, 0.25) is 0 Å². The molecule has 1 amide bonds. The molecule has 19 heavy (non-hydrogen) atoms. The fraction of sp³-hybridized carbons (Fsp3) is 0.692. The highest BCUT2D eigenvalue weighted by Crippen LogP contribution is 2.06. The number of rotatable bonds is 6. The molecular formula is C13H26N4O2. The van der Waals surface area contributed by atoms with E-state index >= 15 is 0 Å². The second-order valence-corrected chi connectivity index (χ2v) is 5.37. The Morgan fingerprint density at radius 2 is 1.89 bits per heavy atom. The molecule has 0 unspecified atom stereocenters. The average molecular weight is 270 g/mol. The number of nitrogens with one attached hydrogen (secondary N) is 2. The molecule has 0 radical (unpaired) electrons. The lowest BCUT2D eigenvalue weighted by Gasteiger charge is -2.19. The van der Waals surface area contributed by atoms with Crippen LogP contribution in [-0.4, -0.2) is 37.3 Å². The summed E-state index contributed by atoms with van der Waals surface area (Å²) in [6, 6.07) is 0. The number of guanidine groups is 1. The lowest BCUT2D eigenvalue weighted by Crippen LogP contribution is -2.36. The Labute approximate surface area is 115 Å². The smallest absolute Gasteiger partial charge is 0.407 e. The minimum atomic E-state index is -0.470. The normalized spacial score (nSPS) is 11.9. The maximum atomic E-state index is 11.3. The molecule has 0 fully saturated rings. The Morgan fingerprint density at radius 1 is 1.32 bits per heavy atom. The minimum Gasteiger partial charge on any atom is -0.444 e. The van der Waals surface area contributed by atoms with E-state index in [-0.39, 0.29) is 0 Å². The van der Waals surface area contributed by atoms with E-state index in [0.717, 1.165) is 12.0 Å². The van der Waals surface area contributed by atoms with E-state index in [4.69, 9.17) is 10.5 Å². The molecule has 0 aromatic carbocycles. The molecule has 110 valence electrons. The van der Waals surface area contributed by atoms with Gasteiger partial charge >= 0.3 is 6.09 Å². The van der Waals surface area contributed by atoms with E-state index in [0.29, 0.717) is 25.6 Å². The fourth-order valence-electron chi connectivity index (χ4n) is 1.09. The third kappa shape index (κ3) is 12.5. The molecule has 0 atom stereocenters. The topological polar surface area (TPSA) is 88.7 Å². The van der Waals surface area contributed by atoms with E-state index in [1.165, 1.54) is 0 Å². The number of carbonyl (C=O) groups excluding carboxylic acids is 1. The molecule has 0 heterocycles. The molecule has 0 aliphatic rings. The van der Waals surface area contributed by atoms with Crippen LogP contribution >= 0.6 is 0 Å². The number of amides is 1. The molecule has 0 aliphatic heterocycles. The molecule has 0 aliphatic carbocycles. The Hall–Kier alpha value is -1.72. The molecule has 6 heteroatoms. The van der Waals surface area contributed by atoms with Crippen LogP contribution in [0, 0.1) is 0 Å². The molecule has 4 N–H and O–H groups in total. The fourth-order valence-corrected chi connectivity index (χ4v) is 1.09. The van der Waals surface area contributed by atoms with Gasteiger partial charge in [-0.1, -0.05) is 12.2 Å². The quantitative estimate of drug-likeness (QED) is 0.294. The van der Waals surface area contributed by atoms with Gasteiger partial charge in [-0.05, 0) is 34.1 Å². The van der Waals surface area contributed by atoms with E-state index in [2.05, 4.69) is 22.2 Å². The SMILES string of the molecule is C=C(C)CN=C(N)NCCCNC(=O)OC(C)(C)C. The minimum absolute atomic E-state index is 0.389. The number of hydrogen-bond donors (Lipinski definition) is 3. The Balaban J connectivity index is 3.63. The van der Waals surface area contributed by atoms with Crippen LogP contribution in [0.15, 0.2) is 17.1 Å². The molecule has 0 aromatic heterocycles. The molecule has 0 aromatic rings. The van der Waals surface area contributed by atoms with Crippen LogP contribution in [-0.2, 0) is 4.74 Å². The highest BCUT2D eigenvalue weighted by atomic mass is 16.6.